The number of anilines is 1. The van der Waals surface area contributed by atoms with Gasteiger partial charge in [-0.3, -0.25) is 14.7 Å². The van der Waals surface area contributed by atoms with Gasteiger partial charge in [-0.1, -0.05) is 6.07 Å². The maximum atomic E-state index is 12.1. The van der Waals surface area contributed by atoms with Crippen molar-refractivity contribution in [2.75, 3.05) is 18.1 Å². The van der Waals surface area contributed by atoms with Crippen molar-refractivity contribution in [2.45, 2.75) is 19.1 Å². The Hall–Kier alpha value is -2.45. The Kier molecular flexibility index (Phi) is 4.77. The minimum atomic E-state index is -0.992. The molecule has 1 amide bonds. The van der Waals surface area contributed by atoms with Gasteiger partial charge in [0, 0.05) is 6.20 Å². The lowest BCUT2D eigenvalue weighted by atomic mass is 10.2. The molecule has 0 aliphatic carbocycles. The van der Waals surface area contributed by atoms with E-state index in [0.29, 0.717) is 0 Å². The second-order valence-electron chi connectivity index (χ2n) is 5.16. The molecular formula is C16H17N3O4S. The van der Waals surface area contributed by atoms with Gasteiger partial charge in [-0.2, -0.15) is 0 Å². The van der Waals surface area contributed by atoms with Crippen molar-refractivity contribution in [1.82, 2.24) is 4.98 Å². The molecule has 2 N–H and O–H groups in total. The van der Waals surface area contributed by atoms with Gasteiger partial charge in [-0.05, 0) is 31.2 Å². The molecule has 2 atom stereocenters. The summed E-state index contributed by atoms with van der Waals surface area (Å²) in [5, 5.41) is 0.721. The Morgan fingerprint density at radius 3 is 3.04 bits per heavy atom. The number of hydrogen-bond donors (Lipinski definition) is 1. The van der Waals surface area contributed by atoms with E-state index in [-0.39, 0.29) is 13.2 Å². The summed E-state index contributed by atoms with van der Waals surface area (Å²) < 4.78 is 10.1. The van der Waals surface area contributed by atoms with Crippen LogP contribution in [0.4, 0.5) is 9.80 Å². The van der Waals surface area contributed by atoms with Crippen LogP contribution in [0.2, 0.25) is 0 Å². The van der Waals surface area contributed by atoms with Crippen molar-refractivity contribution in [3.8, 4) is 10.6 Å². The Morgan fingerprint density at radius 2 is 2.33 bits per heavy atom. The second kappa shape index (κ2) is 6.98. The Bertz CT molecular complexity index is 734. The molecule has 24 heavy (non-hydrogen) atoms. The molecule has 0 radical (unpaired) electrons. The fourth-order valence-electron chi connectivity index (χ4n) is 2.36. The van der Waals surface area contributed by atoms with E-state index in [1.165, 1.54) is 16.2 Å². The third kappa shape index (κ3) is 3.24. The van der Waals surface area contributed by atoms with Crippen LogP contribution in [0, 0.1) is 0 Å². The van der Waals surface area contributed by atoms with E-state index in [0.717, 1.165) is 15.6 Å². The molecule has 1 aliphatic heterocycles. The molecule has 1 fully saturated rings. The van der Waals surface area contributed by atoms with Crippen molar-refractivity contribution in [1.29, 1.82) is 0 Å². The van der Waals surface area contributed by atoms with Gasteiger partial charge < -0.3 is 15.2 Å². The molecule has 126 valence electrons. The average molecular weight is 347 g/mol. The van der Waals surface area contributed by atoms with Gasteiger partial charge in [-0.15, -0.1) is 11.3 Å². The molecule has 7 nitrogen and oxygen atoms in total. The number of cyclic esters (lactones) is 1. The van der Waals surface area contributed by atoms with Crippen LogP contribution in [0.25, 0.3) is 10.6 Å². The van der Waals surface area contributed by atoms with Crippen LogP contribution >= 0.6 is 11.3 Å². The minimum Gasteiger partial charge on any atom is -0.465 e. The fourth-order valence-corrected chi connectivity index (χ4v) is 3.34. The lowest BCUT2D eigenvalue weighted by Gasteiger charge is -2.15. The van der Waals surface area contributed by atoms with Crippen LogP contribution in [-0.2, 0) is 14.3 Å². The van der Waals surface area contributed by atoms with Crippen molar-refractivity contribution >= 4 is 28.4 Å². The number of aromatic nitrogens is 1. The normalized spacial score (nSPS) is 18.3. The summed E-state index contributed by atoms with van der Waals surface area (Å²) in [6, 6.07) is 8.38. The van der Waals surface area contributed by atoms with Gasteiger partial charge in [-0.25, -0.2) is 4.79 Å². The zero-order valence-electron chi connectivity index (χ0n) is 13.0. The third-order valence-corrected chi connectivity index (χ3v) is 4.70. The summed E-state index contributed by atoms with van der Waals surface area (Å²) in [6.45, 7) is 2.14. The maximum absolute atomic E-state index is 12.1. The molecule has 1 aliphatic rings. The number of esters is 1. The van der Waals surface area contributed by atoms with Gasteiger partial charge in [0.05, 0.1) is 23.7 Å². The highest BCUT2D eigenvalue weighted by Crippen LogP contribution is 2.34. The Labute approximate surface area is 143 Å². The third-order valence-electron chi connectivity index (χ3n) is 3.57. The van der Waals surface area contributed by atoms with Crippen LogP contribution in [-0.4, -0.2) is 42.3 Å². The van der Waals surface area contributed by atoms with E-state index in [4.69, 9.17) is 15.2 Å². The van der Waals surface area contributed by atoms with Gasteiger partial charge in [0.1, 0.15) is 17.1 Å². The summed E-state index contributed by atoms with van der Waals surface area (Å²) in [7, 11) is 0. The zero-order valence-corrected chi connectivity index (χ0v) is 13.9. The van der Waals surface area contributed by atoms with Crippen LogP contribution in [0.1, 0.15) is 6.92 Å². The summed E-state index contributed by atoms with van der Waals surface area (Å²) in [4.78, 5) is 30.5. The number of amides is 1. The first-order valence-electron chi connectivity index (χ1n) is 7.51. The molecule has 0 aromatic carbocycles. The van der Waals surface area contributed by atoms with Crippen LogP contribution in [0.15, 0.2) is 36.5 Å². The molecule has 0 bridgehead atoms. The number of hydrogen-bond acceptors (Lipinski definition) is 7. The molecule has 2 aromatic rings. The highest BCUT2D eigenvalue weighted by Gasteiger charge is 2.40. The molecule has 2 aromatic heterocycles. The summed E-state index contributed by atoms with van der Waals surface area (Å²) in [5.41, 5.74) is 6.66. The van der Waals surface area contributed by atoms with Gasteiger partial charge in [0.25, 0.3) is 0 Å². The van der Waals surface area contributed by atoms with Gasteiger partial charge in [0.2, 0.25) is 0 Å². The van der Waals surface area contributed by atoms with Gasteiger partial charge in [0.15, 0.2) is 0 Å². The zero-order chi connectivity index (χ0) is 17.1. The molecule has 8 heteroatoms. The van der Waals surface area contributed by atoms with Crippen molar-refractivity contribution in [2.24, 2.45) is 5.73 Å². The van der Waals surface area contributed by atoms with Crippen LogP contribution in [0.5, 0.6) is 0 Å². The Balaban J connectivity index is 1.73. The van der Waals surface area contributed by atoms with E-state index in [1.807, 2.05) is 30.3 Å². The summed E-state index contributed by atoms with van der Waals surface area (Å²) in [6.07, 6.45) is 0.471. The smallest absolute Gasteiger partial charge is 0.415 e. The number of pyridine rings is 1. The molecule has 3 heterocycles. The average Bonchev–Trinajstić information content (AvgIpc) is 3.22. The highest BCUT2D eigenvalue weighted by molar-refractivity contribution is 7.19. The molecule has 3 rings (SSSR count). The van der Waals surface area contributed by atoms with E-state index in [9.17, 15) is 9.59 Å². The second-order valence-corrected chi connectivity index (χ2v) is 6.23. The van der Waals surface area contributed by atoms with E-state index < -0.39 is 24.2 Å². The first-order valence-corrected chi connectivity index (χ1v) is 8.33. The van der Waals surface area contributed by atoms with Crippen LogP contribution in [0.3, 0.4) is 0 Å². The van der Waals surface area contributed by atoms with Crippen molar-refractivity contribution < 1.29 is 19.1 Å². The number of nitrogens with two attached hydrogens (primary N) is 1. The Morgan fingerprint density at radius 1 is 1.50 bits per heavy atom. The minimum absolute atomic E-state index is 0.209. The summed E-state index contributed by atoms with van der Waals surface area (Å²) >= 11 is 1.43. The van der Waals surface area contributed by atoms with E-state index >= 15 is 0 Å². The molecular weight excluding hydrogens is 330 g/mol. The fraction of sp³-hybridized carbons (Fsp3) is 0.312. The molecule has 1 unspecified atom stereocenters. The van der Waals surface area contributed by atoms with E-state index in [1.54, 1.807) is 13.1 Å². The maximum Gasteiger partial charge on any atom is 0.415 e. The van der Waals surface area contributed by atoms with Crippen molar-refractivity contribution in [3.05, 3.63) is 36.5 Å². The lowest BCUT2D eigenvalue weighted by molar-refractivity contribution is -0.146. The van der Waals surface area contributed by atoms with Crippen LogP contribution < -0.4 is 10.6 Å². The predicted molar refractivity (Wildman–Crippen MR) is 89.8 cm³/mol. The van der Waals surface area contributed by atoms with Crippen molar-refractivity contribution in [3.63, 3.8) is 0 Å². The number of carbonyl (C=O) groups is 2. The first-order chi connectivity index (χ1) is 11.6. The summed E-state index contributed by atoms with van der Waals surface area (Å²) in [5.74, 6) is -0.572. The molecule has 1 saturated heterocycles. The number of nitrogens with zero attached hydrogens (tertiary/aromatic N) is 2. The van der Waals surface area contributed by atoms with E-state index in [2.05, 4.69) is 4.98 Å². The quantitative estimate of drug-likeness (QED) is 0.832. The lowest BCUT2D eigenvalue weighted by Crippen LogP contribution is -2.45. The number of thiophene rings is 1. The number of ether oxygens (including phenoxy) is 2. The SMILES string of the molecule is CCOC(=O)C(N)[C@H]1CN(c2ccc(-c3ccccn3)s2)C(=O)O1. The number of carbonyl (C=O) groups excluding carboxylic acids is 2. The standard InChI is InChI=1S/C16H17N3O4S/c1-2-22-15(20)14(17)11-9-19(16(21)23-11)13-7-6-12(24-13)10-5-3-4-8-18-10/h3-8,11,14H,2,9,17H2,1H3/t11-,14?/m1/s1. The molecule has 0 saturated carbocycles. The topological polar surface area (TPSA) is 94.8 Å². The predicted octanol–water partition coefficient (Wildman–Crippen LogP) is 2.03. The van der Waals surface area contributed by atoms with Gasteiger partial charge >= 0.3 is 12.1 Å². The largest absolute Gasteiger partial charge is 0.465 e. The molecule has 0 spiro atoms. The first kappa shape index (κ1) is 16.4. The monoisotopic (exact) mass is 347 g/mol. The highest BCUT2D eigenvalue weighted by atomic mass is 32.1. The number of rotatable bonds is 5.